The second-order valence-electron chi connectivity index (χ2n) is 5.85. The summed E-state index contributed by atoms with van der Waals surface area (Å²) < 4.78 is 0. The third-order valence-electron chi connectivity index (χ3n) is 4.71. The molecule has 0 aliphatic heterocycles. The van der Waals surface area contributed by atoms with Gasteiger partial charge < -0.3 is 5.11 Å². The van der Waals surface area contributed by atoms with Gasteiger partial charge in [-0.05, 0) is 27.8 Å². The van der Waals surface area contributed by atoms with Gasteiger partial charge in [0.05, 0.1) is 6.61 Å². The summed E-state index contributed by atoms with van der Waals surface area (Å²) in [4.78, 5) is 0. The monoisotopic (exact) mass is 286 g/mol. The molecule has 1 nitrogen and oxygen atoms in total. The van der Waals surface area contributed by atoms with Crippen LogP contribution in [0.15, 0.2) is 78.9 Å². The average Bonchev–Trinajstić information content (AvgIpc) is 2.92. The smallest absolute Gasteiger partial charge is 0.0508 e. The number of aliphatic hydroxyl groups excluding tert-OH is 1. The van der Waals surface area contributed by atoms with E-state index in [1.54, 1.807) is 0 Å². The first-order valence-corrected chi connectivity index (χ1v) is 7.74. The fraction of sp³-hybridized carbons (Fsp3) is 0.143. The van der Waals surface area contributed by atoms with Gasteiger partial charge in [-0.25, -0.2) is 0 Å². The van der Waals surface area contributed by atoms with Gasteiger partial charge in [-0.2, -0.15) is 0 Å². The number of hydrogen-bond donors (Lipinski definition) is 1. The van der Waals surface area contributed by atoms with Crippen molar-refractivity contribution in [3.63, 3.8) is 0 Å². The van der Waals surface area contributed by atoms with E-state index < -0.39 is 0 Å². The van der Waals surface area contributed by atoms with Crippen molar-refractivity contribution in [1.82, 2.24) is 0 Å². The van der Waals surface area contributed by atoms with Gasteiger partial charge in [0.15, 0.2) is 0 Å². The van der Waals surface area contributed by atoms with Crippen LogP contribution in [0.2, 0.25) is 0 Å². The maximum absolute atomic E-state index is 10.1. The van der Waals surface area contributed by atoms with Crippen LogP contribution < -0.4 is 0 Å². The lowest BCUT2D eigenvalue weighted by Crippen LogP contribution is -2.14. The molecule has 22 heavy (non-hydrogen) atoms. The first-order valence-electron chi connectivity index (χ1n) is 7.74. The first-order chi connectivity index (χ1) is 10.9. The lowest BCUT2D eigenvalue weighted by Gasteiger charge is -2.24. The molecule has 0 bridgehead atoms. The van der Waals surface area contributed by atoms with E-state index in [4.69, 9.17) is 0 Å². The van der Waals surface area contributed by atoms with Crippen molar-refractivity contribution in [1.29, 1.82) is 0 Å². The molecule has 1 N–H and O–H groups in total. The maximum atomic E-state index is 10.1. The van der Waals surface area contributed by atoms with Gasteiger partial charge in [0, 0.05) is 11.8 Å². The van der Waals surface area contributed by atoms with Crippen LogP contribution in [0.5, 0.6) is 0 Å². The lowest BCUT2D eigenvalue weighted by atomic mass is 9.80. The molecule has 1 atom stereocenters. The molecule has 1 aliphatic rings. The van der Waals surface area contributed by atoms with Gasteiger partial charge in [0.25, 0.3) is 0 Å². The van der Waals surface area contributed by atoms with E-state index in [9.17, 15) is 5.11 Å². The van der Waals surface area contributed by atoms with Crippen molar-refractivity contribution >= 4 is 0 Å². The minimum Gasteiger partial charge on any atom is -0.396 e. The van der Waals surface area contributed by atoms with Crippen LogP contribution >= 0.6 is 0 Å². The first kappa shape index (κ1) is 13.3. The van der Waals surface area contributed by atoms with Crippen molar-refractivity contribution in [2.75, 3.05) is 6.61 Å². The van der Waals surface area contributed by atoms with Crippen molar-refractivity contribution in [3.05, 3.63) is 95.6 Å². The van der Waals surface area contributed by atoms with Crippen LogP contribution in [0, 0.1) is 0 Å². The number of benzene rings is 3. The average molecular weight is 286 g/mol. The van der Waals surface area contributed by atoms with Gasteiger partial charge in [0.1, 0.15) is 0 Å². The fourth-order valence-corrected chi connectivity index (χ4v) is 3.73. The molecule has 0 fully saturated rings. The Hall–Kier alpha value is -2.38. The van der Waals surface area contributed by atoms with E-state index in [0.717, 1.165) is 0 Å². The van der Waals surface area contributed by atoms with Crippen LogP contribution in [-0.4, -0.2) is 11.7 Å². The Bertz CT molecular complexity index is 746. The van der Waals surface area contributed by atoms with E-state index in [1.165, 1.54) is 27.8 Å². The zero-order chi connectivity index (χ0) is 14.9. The molecule has 0 radical (unpaired) electrons. The van der Waals surface area contributed by atoms with E-state index in [0.29, 0.717) is 0 Å². The summed E-state index contributed by atoms with van der Waals surface area (Å²) in [6, 6.07) is 27.5. The normalized spacial score (nSPS) is 14.4. The molecule has 3 aromatic rings. The predicted octanol–water partition coefficient (Wildman–Crippen LogP) is 4.58. The molecule has 1 unspecified atom stereocenters. The van der Waals surface area contributed by atoms with E-state index >= 15 is 0 Å². The summed E-state index contributed by atoms with van der Waals surface area (Å²) in [6.07, 6.45) is 0. The molecule has 0 saturated carbocycles. The zero-order valence-corrected chi connectivity index (χ0v) is 12.3. The maximum Gasteiger partial charge on any atom is 0.0508 e. The molecule has 4 rings (SSSR count). The molecular formula is C21H18O. The number of fused-ring (bicyclic) bond motifs is 3. The van der Waals surface area contributed by atoms with Crippen molar-refractivity contribution in [3.8, 4) is 11.1 Å². The SMILES string of the molecule is OCC(c1ccccc1)C1c2ccccc2-c2ccccc21. The van der Waals surface area contributed by atoms with Crippen LogP contribution in [0.4, 0.5) is 0 Å². The highest BCUT2D eigenvalue weighted by Crippen LogP contribution is 2.50. The van der Waals surface area contributed by atoms with Crippen LogP contribution in [0.3, 0.4) is 0 Å². The Kier molecular flexibility index (Phi) is 3.28. The van der Waals surface area contributed by atoms with E-state index in [1.807, 2.05) is 18.2 Å². The third kappa shape index (κ3) is 1.98. The lowest BCUT2D eigenvalue weighted by molar-refractivity contribution is 0.256. The quantitative estimate of drug-likeness (QED) is 0.747. The second kappa shape index (κ2) is 5.43. The summed E-state index contributed by atoms with van der Waals surface area (Å²) in [5.74, 6) is 0.311. The van der Waals surface area contributed by atoms with Crippen molar-refractivity contribution in [2.45, 2.75) is 11.8 Å². The molecule has 108 valence electrons. The highest BCUT2D eigenvalue weighted by Gasteiger charge is 2.34. The molecule has 0 amide bonds. The molecule has 0 aromatic heterocycles. The minimum absolute atomic E-state index is 0.0889. The number of aliphatic hydroxyl groups is 1. The summed E-state index contributed by atoms with van der Waals surface area (Å²) in [5, 5.41) is 10.1. The largest absolute Gasteiger partial charge is 0.396 e. The molecule has 3 aromatic carbocycles. The molecule has 1 heteroatoms. The Morgan fingerprint density at radius 2 is 1.18 bits per heavy atom. The van der Waals surface area contributed by atoms with Crippen LogP contribution in [0.1, 0.15) is 28.5 Å². The standard InChI is InChI=1S/C21H18O/c22-14-20(15-8-2-1-3-9-15)21-18-12-6-4-10-16(18)17-11-5-7-13-19(17)21/h1-13,20-22H,14H2. The number of rotatable bonds is 3. The van der Waals surface area contributed by atoms with Gasteiger partial charge in [-0.1, -0.05) is 78.9 Å². The Balaban J connectivity index is 1.91. The topological polar surface area (TPSA) is 20.2 Å². The highest BCUT2D eigenvalue weighted by molar-refractivity contribution is 5.79. The molecule has 1 aliphatic carbocycles. The summed E-state index contributed by atoms with van der Waals surface area (Å²) in [7, 11) is 0. The summed E-state index contributed by atoms with van der Waals surface area (Å²) in [6.45, 7) is 0.150. The Morgan fingerprint density at radius 3 is 1.73 bits per heavy atom. The molecular weight excluding hydrogens is 268 g/mol. The predicted molar refractivity (Wildman–Crippen MR) is 90.0 cm³/mol. The Morgan fingerprint density at radius 1 is 0.682 bits per heavy atom. The molecule has 0 heterocycles. The van der Waals surface area contributed by atoms with Crippen LogP contribution in [-0.2, 0) is 0 Å². The fourth-order valence-electron chi connectivity index (χ4n) is 3.73. The number of hydrogen-bond acceptors (Lipinski definition) is 1. The van der Waals surface area contributed by atoms with Gasteiger partial charge in [0.2, 0.25) is 0 Å². The highest BCUT2D eigenvalue weighted by atomic mass is 16.3. The van der Waals surface area contributed by atoms with Crippen LogP contribution in [0.25, 0.3) is 11.1 Å². The zero-order valence-electron chi connectivity index (χ0n) is 12.3. The van der Waals surface area contributed by atoms with E-state index in [-0.39, 0.29) is 18.4 Å². The van der Waals surface area contributed by atoms with Gasteiger partial charge in [-0.15, -0.1) is 0 Å². The summed E-state index contributed by atoms with van der Waals surface area (Å²) >= 11 is 0. The summed E-state index contributed by atoms with van der Waals surface area (Å²) in [5.41, 5.74) is 6.45. The third-order valence-corrected chi connectivity index (χ3v) is 4.71. The van der Waals surface area contributed by atoms with Gasteiger partial charge >= 0.3 is 0 Å². The van der Waals surface area contributed by atoms with Crippen molar-refractivity contribution < 1.29 is 5.11 Å². The minimum atomic E-state index is 0.0889. The molecule has 0 spiro atoms. The second-order valence-corrected chi connectivity index (χ2v) is 5.85. The van der Waals surface area contributed by atoms with Crippen molar-refractivity contribution in [2.24, 2.45) is 0 Å². The Labute approximate surface area is 130 Å². The van der Waals surface area contributed by atoms with Gasteiger partial charge in [-0.3, -0.25) is 0 Å². The molecule has 0 saturated heterocycles. The van der Waals surface area contributed by atoms with E-state index in [2.05, 4.69) is 60.7 Å².